The molecule has 0 bridgehead atoms. The van der Waals surface area contributed by atoms with E-state index in [1.165, 1.54) is 4.90 Å². The molecule has 1 amide bonds. The summed E-state index contributed by atoms with van der Waals surface area (Å²) in [7, 11) is 0. The van der Waals surface area contributed by atoms with Crippen LogP contribution in [0.5, 0.6) is 0 Å². The van der Waals surface area contributed by atoms with E-state index in [0.717, 1.165) is 12.1 Å². The number of hydrogen-bond acceptors (Lipinski definition) is 6. The highest BCUT2D eigenvalue weighted by molar-refractivity contribution is 5.90. The first kappa shape index (κ1) is 19.9. The monoisotopic (exact) mass is 409 g/mol. The first-order chi connectivity index (χ1) is 13.6. The van der Waals surface area contributed by atoms with Crippen LogP contribution in [0.15, 0.2) is 12.1 Å². The van der Waals surface area contributed by atoms with Crippen LogP contribution < -0.4 is 15.5 Å². The molecule has 2 N–H and O–H groups in total. The first-order valence-corrected chi connectivity index (χ1v) is 9.73. The lowest BCUT2D eigenvalue weighted by molar-refractivity contribution is -0.157. The smallest absolute Gasteiger partial charge is 0.414 e. The molecule has 4 atom stereocenters. The van der Waals surface area contributed by atoms with Gasteiger partial charge in [-0.3, -0.25) is 9.69 Å². The average molecular weight is 409 g/mol. The lowest BCUT2D eigenvalue weighted by Gasteiger charge is -2.26. The number of carbonyl (C=O) groups is 2. The van der Waals surface area contributed by atoms with Crippen molar-refractivity contribution in [3.63, 3.8) is 0 Å². The molecule has 9 heteroatoms. The molecule has 1 aliphatic carbocycles. The normalized spacial score (nSPS) is 28.4. The molecule has 0 spiro atoms. The summed E-state index contributed by atoms with van der Waals surface area (Å²) in [6, 6.07) is 1.80. The van der Waals surface area contributed by atoms with Crippen LogP contribution in [0.1, 0.15) is 20.8 Å². The number of nitrogens with zero attached hydrogens (tertiary/aromatic N) is 2. The first-order valence-electron chi connectivity index (χ1n) is 9.73. The van der Waals surface area contributed by atoms with Crippen LogP contribution in [0, 0.1) is 29.4 Å². The summed E-state index contributed by atoms with van der Waals surface area (Å²) in [4.78, 5) is 26.9. The van der Waals surface area contributed by atoms with Gasteiger partial charge in [-0.15, -0.1) is 0 Å². The zero-order valence-electron chi connectivity index (χ0n) is 16.7. The molecule has 0 radical (unpaired) electrons. The van der Waals surface area contributed by atoms with E-state index in [0.29, 0.717) is 13.1 Å². The summed E-state index contributed by atoms with van der Waals surface area (Å²) in [6.07, 6.45) is -0.672. The van der Waals surface area contributed by atoms with Crippen LogP contribution >= 0.6 is 0 Å². The van der Waals surface area contributed by atoms with Crippen molar-refractivity contribution < 1.29 is 27.8 Å². The number of fused-ring (bicyclic) bond motifs is 1. The van der Waals surface area contributed by atoms with Gasteiger partial charge in [0.2, 0.25) is 0 Å². The summed E-state index contributed by atoms with van der Waals surface area (Å²) >= 11 is 0. The molecular weight excluding hydrogens is 384 g/mol. The van der Waals surface area contributed by atoms with E-state index in [1.54, 1.807) is 4.90 Å². The molecule has 0 aromatic heterocycles. The lowest BCUT2D eigenvalue weighted by Crippen LogP contribution is -2.39. The van der Waals surface area contributed by atoms with E-state index in [1.807, 2.05) is 20.8 Å². The Morgan fingerprint density at radius 3 is 2.34 bits per heavy atom. The lowest BCUT2D eigenvalue weighted by atomic mass is 10.1. The van der Waals surface area contributed by atoms with Gasteiger partial charge in [0.1, 0.15) is 17.9 Å². The van der Waals surface area contributed by atoms with Crippen molar-refractivity contribution in [2.24, 2.45) is 23.5 Å². The minimum Gasteiger partial charge on any atom is -0.460 e. The summed E-state index contributed by atoms with van der Waals surface area (Å²) in [5.74, 6) is -1.89. The van der Waals surface area contributed by atoms with Gasteiger partial charge in [-0.1, -0.05) is 0 Å². The third kappa shape index (κ3) is 3.52. The second-order valence-electron chi connectivity index (χ2n) is 8.89. The third-order valence-electron chi connectivity index (χ3n) is 5.70. The molecule has 4 rings (SSSR count). The second-order valence-corrected chi connectivity index (χ2v) is 8.89. The maximum atomic E-state index is 14.8. The highest BCUT2D eigenvalue weighted by Gasteiger charge is 2.61. The summed E-state index contributed by atoms with van der Waals surface area (Å²) < 4.78 is 40.0. The largest absolute Gasteiger partial charge is 0.460 e. The van der Waals surface area contributed by atoms with Gasteiger partial charge in [0.05, 0.1) is 17.6 Å². The van der Waals surface area contributed by atoms with E-state index in [2.05, 4.69) is 0 Å². The highest BCUT2D eigenvalue weighted by atomic mass is 19.1. The van der Waals surface area contributed by atoms with Gasteiger partial charge >= 0.3 is 12.1 Å². The third-order valence-corrected chi connectivity index (χ3v) is 5.70. The van der Waals surface area contributed by atoms with Gasteiger partial charge in [-0.2, -0.15) is 0 Å². The second kappa shape index (κ2) is 6.83. The standard InChI is InChI=1S/C20H25F2N3O4/c1-20(2,3)29-18(26)16-12-7-24(8-13(12)16)17-14(21)4-10(5-15(17)22)25-11(6-23)9-28-19(25)27/h4-5,11-13,16H,6-9,23H2,1-3H3/t11-,12-,13+,16?/m0/s1. The van der Waals surface area contributed by atoms with Crippen molar-refractivity contribution in [1.82, 2.24) is 0 Å². The van der Waals surface area contributed by atoms with E-state index in [-0.39, 0.29) is 48.2 Å². The molecule has 3 aliphatic rings. The van der Waals surface area contributed by atoms with Crippen molar-refractivity contribution in [1.29, 1.82) is 0 Å². The highest BCUT2D eigenvalue weighted by Crippen LogP contribution is 2.54. The number of cyclic esters (lactones) is 1. The predicted molar refractivity (Wildman–Crippen MR) is 102 cm³/mol. The van der Waals surface area contributed by atoms with Crippen LogP contribution in [0.25, 0.3) is 0 Å². The summed E-state index contributed by atoms with van der Waals surface area (Å²) in [5.41, 5.74) is 5.00. The Morgan fingerprint density at radius 1 is 1.24 bits per heavy atom. The molecule has 2 aliphatic heterocycles. The van der Waals surface area contributed by atoms with Crippen molar-refractivity contribution in [2.75, 3.05) is 36.0 Å². The van der Waals surface area contributed by atoms with Gasteiger partial charge in [0.15, 0.2) is 11.6 Å². The molecule has 2 saturated heterocycles. The zero-order valence-corrected chi connectivity index (χ0v) is 16.7. The number of benzene rings is 1. The molecule has 1 aromatic rings. The fourth-order valence-corrected chi connectivity index (χ4v) is 4.37. The zero-order chi connectivity index (χ0) is 21.1. The quantitative estimate of drug-likeness (QED) is 0.768. The minimum atomic E-state index is -0.759. The Morgan fingerprint density at radius 2 is 1.83 bits per heavy atom. The van der Waals surface area contributed by atoms with Crippen molar-refractivity contribution >= 4 is 23.4 Å². The van der Waals surface area contributed by atoms with Gasteiger partial charge in [-0.25, -0.2) is 13.6 Å². The van der Waals surface area contributed by atoms with Gasteiger partial charge in [-0.05, 0) is 32.6 Å². The molecule has 2 heterocycles. The fourth-order valence-electron chi connectivity index (χ4n) is 4.37. The van der Waals surface area contributed by atoms with Crippen LogP contribution in [-0.4, -0.2) is 49.9 Å². The average Bonchev–Trinajstić information content (AvgIpc) is 2.94. The van der Waals surface area contributed by atoms with Crippen LogP contribution in [-0.2, 0) is 14.3 Å². The molecule has 29 heavy (non-hydrogen) atoms. The Balaban J connectivity index is 1.48. The number of ether oxygens (including phenoxy) is 2. The molecular formula is C20H25F2N3O4. The number of anilines is 2. The maximum Gasteiger partial charge on any atom is 0.414 e. The number of piperidine rings is 1. The molecule has 1 aromatic carbocycles. The predicted octanol–water partition coefficient (Wildman–Crippen LogP) is 2.27. The van der Waals surface area contributed by atoms with E-state index >= 15 is 0 Å². The number of esters is 1. The van der Waals surface area contributed by atoms with Crippen LogP contribution in [0.3, 0.4) is 0 Å². The maximum absolute atomic E-state index is 14.8. The van der Waals surface area contributed by atoms with E-state index in [4.69, 9.17) is 15.2 Å². The van der Waals surface area contributed by atoms with Gasteiger partial charge in [0.25, 0.3) is 0 Å². The van der Waals surface area contributed by atoms with Crippen LogP contribution in [0.4, 0.5) is 25.0 Å². The number of hydrogen-bond donors (Lipinski definition) is 1. The molecule has 7 nitrogen and oxygen atoms in total. The molecule has 158 valence electrons. The van der Waals surface area contributed by atoms with Crippen molar-refractivity contribution in [3.05, 3.63) is 23.8 Å². The summed E-state index contributed by atoms with van der Waals surface area (Å²) in [6.45, 7) is 6.42. The number of amides is 1. The topological polar surface area (TPSA) is 85.1 Å². The van der Waals surface area contributed by atoms with Gasteiger partial charge < -0.3 is 20.1 Å². The number of rotatable bonds is 4. The van der Waals surface area contributed by atoms with E-state index in [9.17, 15) is 18.4 Å². The number of carbonyl (C=O) groups excluding carboxylic acids is 2. The van der Waals surface area contributed by atoms with Crippen LogP contribution in [0.2, 0.25) is 0 Å². The molecule has 1 unspecified atom stereocenters. The number of halogens is 2. The Labute approximate surface area is 167 Å². The fraction of sp³-hybridized carbons (Fsp3) is 0.600. The number of nitrogens with two attached hydrogens (primary N) is 1. The van der Waals surface area contributed by atoms with E-state index < -0.39 is 29.4 Å². The van der Waals surface area contributed by atoms with Crippen molar-refractivity contribution in [2.45, 2.75) is 32.4 Å². The molecule has 3 fully saturated rings. The SMILES string of the molecule is CC(C)(C)OC(=O)C1[C@H]2CN(c3c(F)cc(N4C(=O)OC[C@@H]4CN)cc3F)C[C@@H]12. The minimum absolute atomic E-state index is 0.0403. The van der Waals surface area contributed by atoms with Crippen molar-refractivity contribution in [3.8, 4) is 0 Å². The van der Waals surface area contributed by atoms with Gasteiger partial charge in [0, 0.05) is 31.8 Å². The molecule has 1 saturated carbocycles. The summed E-state index contributed by atoms with van der Waals surface area (Å²) in [5, 5.41) is 0. The Hall–Kier alpha value is -2.42. The Kier molecular flexibility index (Phi) is 4.68. The Bertz CT molecular complexity index is 822.